The van der Waals surface area contributed by atoms with Crippen molar-refractivity contribution in [3.05, 3.63) is 23.8 Å². The predicted molar refractivity (Wildman–Crippen MR) is 62.7 cm³/mol. The van der Waals surface area contributed by atoms with E-state index in [4.69, 9.17) is 9.47 Å². The highest BCUT2D eigenvalue weighted by atomic mass is 16.5. The Morgan fingerprint density at radius 2 is 1.27 bits per heavy atom. The van der Waals surface area contributed by atoms with E-state index in [2.05, 4.69) is 0 Å². The highest BCUT2D eigenvalue weighted by molar-refractivity contribution is 5.43. The molecular formula is C13H20O2. The molecule has 1 rings (SSSR count). The van der Waals surface area contributed by atoms with Crippen LogP contribution in [0.5, 0.6) is 11.5 Å². The molecule has 1 aromatic rings. The molecule has 1 aromatic carbocycles. The van der Waals surface area contributed by atoms with E-state index in [1.165, 1.54) is 0 Å². The maximum absolute atomic E-state index is 5.69. The molecule has 0 heterocycles. The van der Waals surface area contributed by atoms with E-state index in [0.29, 0.717) is 0 Å². The second kappa shape index (κ2) is 5.06. The maximum Gasteiger partial charge on any atom is 0.126 e. The molecule has 0 fully saturated rings. The molecule has 2 heteroatoms. The van der Waals surface area contributed by atoms with Crippen molar-refractivity contribution in [1.82, 2.24) is 0 Å². The first-order chi connectivity index (χ1) is 7.00. The minimum absolute atomic E-state index is 0.193. The Hall–Kier alpha value is -1.18. The molecule has 0 saturated carbocycles. The van der Waals surface area contributed by atoms with Crippen molar-refractivity contribution in [3.63, 3.8) is 0 Å². The van der Waals surface area contributed by atoms with Crippen LogP contribution in [0.25, 0.3) is 0 Å². The van der Waals surface area contributed by atoms with E-state index in [9.17, 15) is 0 Å². The van der Waals surface area contributed by atoms with Crippen LogP contribution in [-0.2, 0) is 0 Å². The summed E-state index contributed by atoms with van der Waals surface area (Å²) in [6, 6.07) is 5.91. The fourth-order valence-electron chi connectivity index (χ4n) is 1.36. The lowest BCUT2D eigenvalue weighted by molar-refractivity contribution is 0.226. The van der Waals surface area contributed by atoms with Gasteiger partial charge in [0.05, 0.1) is 12.2 Å². The average molecular weight is 208 g/mol. The molecule has 0 radical (unpaired) electrons. The molecule has 0 unspecified atom stereocenters. The Morgan fingerprint density at radius 1 is 0.867 bits per heavy atom. The van der Waals surface area contributed by atoms with E-state index < -0.39 is 0 Å². The summed E-state index contributed by atoms with van der Waals surface area (Å²) in [6.07, 6.45) is 0.385. The highest BCUT2D eigenvalue weighted by Crippen LogP contribution is 2.28. The molecule has 0 spiro atoms. The normalized spacial score (nSPS) is 10.9. The zero-order valence-electron chi connectivity index (χ0n) is 10.2. The van der Waals surface area contributed by atoms with E-state index in [1.807, 2.05) is 52.8 Å². The molecule has 0 aliphatic carbocycles. The molecule has 0 amide bonds. The molecule has 0 aromatic heterocycles. The maximum atomic E-state index is 5.69. The third-order valence-electron chi connectivity index (χ3n) is 1.96. The van der Waals surface area contributed by atoms with Crippen molar-refractivity contribution in [2.24, 2.45) is 0 Å². The van der Waals surface area contributed by atoms with Gasteiger partial charge in [-0.25, -0.2) is 0 Å². The van der Waals surface area contributed by atoms with Crippen LogP contribution in [0.2, 0.25) is 0 Å². The van der Waals surface area contributed by atoms with Gasteiger partial charge in [0, 0.05) is 5.56 Å². The Balaban J connectivity index is 2.90. The predicted octanol–water partition coefficient (Wildman–Crippen LogP) is 3.57. The van der Waals surface area contributed by atoms with Crippen LogP contribution in [0.4, 0.5) is 0 Å². The number of hydrogen-bond donors (Lipinski definition) is 0. The largest absolute Gasteiger partial charge is 0.491 e. The van der Waals surface area contributed by atoms with Gasteiger partial charge in [-0.15, -0.1) is 0 Å². The first-order valence-corrected chi connectivity index (χ1v) is 5.43. The molecule has 0 atom stereocenters. The van der Waals surface area contributed by atoms with E-state index in [-0.39, 0.29) is 12.2 Å². The zero-order valence-corrected chi connectivity index (χ0v) is 10.2. The monoisotopic (exact) mass is 208 g/mol. The summed E-state index contributed by atoms with van der Waals surface area (Å²) in [5, 5.41) is 0. The van der Waals surface area contributed by atoms with Crippen molar-refractivity contribution < 1.29 is 9.47 Å². The summed E-state index contributed by atoms with van der Waals surface area (Å²) in [5.41, 5.74) is 1.07. The van der Waals surface area contributed by atoms with Crippen LogP contribution in [-0.4, -0.2) is 12.2 Å². The summed E-state index contributed by atoms with van der Waals surface area (Å²) in [7, 11) is 0. The fraction of sp³-hybridized carbons (Fsp3) is 0.538. The molecule has 0 aliphatic rings. The number of benzene rings is 1. The first-order valence-electron chi connectivity index (χ1n) is 5.43. The van der Waals surface area contributed by atoms with E-state index in [1.54, 1.807) is 0 Å². The van der Waals surface area contributed by atoms with Gasteiger partial charge in [0.2, 0.25) is 0 Å². The Kier molecular flexibility index (Phi) is 4.01. The zero-order chi connectivity index (χ0) is 11.4. The third-order valence-corrected chi connectivity index (χ3v) is 1.96. The summed E-state index contributed by atoms with van der Waals surface area (Å²) in [6.45, 7) is 10.1. The van der Waals surface area contributed by atoms with Gasteiger partial charge in [-0.2, -0.15) is 0 Å². The molecule has 0 N–H and O–H groups in total. The van der Waals surface area contributed by atoms with Gasteiger partial charge in [-0.1, -0.05) is 6.07 Å². The molecule has 84 valence electrons. The van der Waals surface area contributed by atoms with Gasteiger partial charge in [0.15, 0.2) is 0 Å². The van der Waals surface area contributed by atoms with Gasteiger partial charge < -0.3 is 9.47 Å². The standard InChI is InChI=1S/C13H20O2/c1-9(2)14-12-7-6-8-13(11(12)5)15-10(3)4/h6-10H,1-5H3. The molecule has 15 heavy (non-hydrogen) atoms. The fourth-order valence-corrected chi connectivity index (χ4v) is 1.36. The van der Waals surface area contributed by atoms with E-state index >= 15 is 0 Å². The number of hydrogen-bond acceptors (Lipinski definition) is 2. The molecular weight excluding hydrogens is 188 g/mol. The van der Waals surface area contributed by atoms with Crippen LogP contribution in [0, 0.1) is 6.92 Å². The molecule has 0 bridgehead atoms. The topological polar surface area (TPSA) is 18.5 Å². The van der Waals surface area contributed by atoms with Crippen LogP contribution in [0.3, 0.4) is 0 Å². The van der Waals surface area contributed by atoms with Crippen molar-refractivity contribution in [3.8, 4) is 11.5 Å². The minimum atomic E-state index is 0.193. The number of ether oxygens (including phenoxy) is 2. The lowest BCUT2D eigenvalue weighted by Gasteiger charge is -2.17. The van der Waals surface area contributed by atoms with Gasteiger partial charge in [0.25, 0.3) is 0 Å². The van der Waals surface area contributed by atoms with Gasteiger partial charge in [-0.3, -0.25) is 0 Å². The summed E-state index contributed by atoms with van der Waals surface area (Å²) in [5.74, 6) is 1.81. The molecule has 2 nitrogen and oxygen atoms in total. The second-order valence-electron chi connectivity index (χ2n) is 4.21. The van der Waals surface area contributed by atoms with Crippen molar-refractivity contribution in [1.29, 1.82) is 0 Å². The third kappa shape index (κ3) is 3.46. The van der Waals surface area contributed by atoms with E-state index in [0.717, 1.165) is 17.1 Å². The lowest BCUT2D eigenvalue weighted by atomic mass is 10.2. The summed E-state index contributed by atoms with van der Waals surface area (Å²) < 4.78 is 11.4. The average Bonchev–Trinajstić information content (AvgIpc) is 2.10. The number of rotatable bonds is 4. The van der Waals surface area contributed by atoms with Crippen LogP contribution >= 0.6 is 0 Å². The molecule has 0 aliphatic heterocycles. The molecule has 0 saturated heterocycles. The van der Waals surface area contributed by atoms with Crippen LogP contribution < -0.4 is 9.47 Å². The van der Waals surface area contributed by atoms with Gasteiger partial charge in [-0.05, 0) is 46.8 Å². The Labute approximate surface area is 92.2 Å². The van der Waals surface area contributed by atoms with Crippen molar-refractivity contribution >= 4 is 0 Å². The SMILES string of the molecule is Cc1c(OC(C)C)cccc1OC(C)C. The van der Waals surface area contributed by atoms with Crippen LogP contribution in [0.15, 0.2) is 18.2 Å². The summed E-state index contributed by atoms with van der Waals surface area (Å²) >= 11 is 0. The van der Waals surface area contributed by atoms with Crippen molar-refractivity contribution in [2.75, 3.05) is 0 Å². The first kappa shape index (κ1) is 11.9. The van der Waals surface area contributed by atoms with Gasteiger partial charge >= 0.3 is 0 Å². The van der Waals surface area contributed by atoms with Crippen LogP contribution in [0.1, 0.15) is 33.3 Å². The Morgan fingerprint density at radius 3 is 1.60 bits per heavy atom. The highest BCUT2D eigenvalue weighted by Gasteiger charge is 2.08. The second-order valence-corrected chi connectivity index (χ2v) is 4.21. The minimum Gasteiger partial charge on any atom is -0.491 e. The quantitative estimate of drug-likeness (QED) is 0.753. The van der Waals surface area contributed by atoms with Gasteiger partial charge in [0.1, 0.15) is 11.5 Å². The Bertz CT molecular complexity index is 288. The lowest BCUT2D eigenvalue weighted by Crippen LogP contribution is -2.09. The smallest absolute Gasteiger partial charge is 0.126 e. The van der Waals surface area contributed by atoms with Crippen molar-refractivity contribution in [2.45, 2.75) is 46.8 Å². The summed E-state index contributed by atoms with van der Waals surface area (Å²) in [4.78, 5) is 0.